The van der Waals surface area contributed by atoms with E-state index in [9.17, 15) is 0 Å². The number of benzene rings is 2. The number of hydrogen-bond acceptors (Lipinski definition) is 2. The van der Waals surface area contributed by atoms with Crippen molar-refractivity contribution in [1.29, 1.82) is 0 Å². The van der Waals surface area contributed by atoms with Crippen molar-refractivity contribution in [2.75, 3.05) is 7.05 Å². The van der Waals surface area contributed by atoms with Gasteiger partial charge in [0.25, 0.3) is 0 Å². The molecule has 2 aromatic carbocycles. The Kier molecular flexibility index (Phi) is 4.49. The van der Waals surface area contributed by atoms with Crippen molar-refractivity contribution in [3.63, 3.8) is 0 Å². The van der Waals surface area contributed by atoms with Crippen molar-refractivity contribution in [3.8, 4) is 0 Å². The molecule has 88 valence electrons. The molecule has 0 amide bonds. The SMILES string of the molecule is CNCc1ccc(Sc2ccccc2)c(Cl)c1. The molecular formula is C14H14ClNS. The van der Waals surface area contributed by atoms with E-state index >= 15 is 0 Å². The Bertz CT molecular complexity index is 485. The van der Waals surface area contributed by atoms with Gasteiger partial charge in [-0.15, -0.1) is 0 Å². The fourth-order valence-electron chi connectivity index (χ4n) is 1.56. The predicted molar refractivity (Wildman–Crippen MR) is 74.8 cm³/mol. The first-order valence-electron chi connectivity index (χ1n) is 5.45. The molecule has 0 aromatic heterocycles. The minimum absolute atomic E-state index is 0.812. The Morgan fingerprint density at radius 1 is 1.12 bits per heavy atom. The van der Waals surface area contributed by atoms with Crippen LogP contribution in [0.4, 0.5) is 0 Å². The van der Waals surface area contributed by atoms with E-state index in [4.69, 9.17) is 11.6 Å². The first kappa shape index (κ1) is 12.5. The second-order valence-electron chi connectivity index (χ2n) is 3.71. The summed E-state index contributed by atoms with van der Waals surface area (Å²) in [6, 6.07) is 16.5. The van der Waals surface area contributed by atoms with Crippen molar-refractivity contribution in [2.45, 2.75) is 16.3 Å². The van der Waals surface area contributed by atoms with E-state index in [2.05, 4.69) is 29.6 Å². The highest BCUT2D eigenvalue weighted by molar-refractivity contribution is 7.99. The van der Waals surface area contributed by atoms with Crippen LogP contribution in [0.15, 0.2) is 58.3 Å². The molecule has 0 spiro atoms. The van der Waals surface area contributed by atoms with E-state index in [1.807, 2.05) is 31.3 Å². The van der Waals surface area contributed by atoms with Crippen LogP contribution in [0.1, 0.15) is 5.56 Å². The average molecular weight is 264 g/mol. The van der Waals surface area contributed by atoms with Crippen LogP contribution in [-0.2, 0) is 6.54 Å². The first-order chi connectivity index (χ1) is 8.29. The molecule has 3 heteroatoms. The highest BCUT2D eigenvalue weighted by Crippen LogP contribution is 2.33. The van der Waals surface area contributed by atoms with Gasteiger partial charge in [-0.25, -0.2) is 0 Å². The summed E-state index contributed by atoms with van der Waals surface area (Å²) < 4.78 is 0. The van der Waals surface area contributed by atoms with E-state index in [-0.39, 0.29) is 0 Å². The lowest BCUT2D eigenvalue weighted by atomic mass is 10.2. The maximum absolute atomic E-state index is 6.27. The van der Waals surface area contributed by atoms with Crippen LogP contribution < -0.4 is 5.32 Å². The molecule has 2 aromatic rings. The summed E-state index contributed by atoms with van der Waals surface area (Å²) in [7, 11) is 1.93. The third-order valence-electron chi connectivity index (χ3n) is 2.35. The zero-order valence-corrected chi connectivity index (χ0v) is 11.2. The molecule has 0 bridgehead atoms. The monoisotopic (exact) mass is 263 g/mol. The molecule has 0 aliphatic carbocycles. The molecule has 0 atom stereocenters. The molecule has 1 N–H and O–H groups in total. The second kappa shape index (κ2) is 6.10. The zero-order chi connectivity index (χ0) is 12.1. The summed E-state index contributed by atoms with van der Waals surface area (Å²) in [4.78, 5) is 2.30. The Hall–Kier alpha value is -0.960. The molecule has 2 rings (SSSR count). The summed E-state index contributed by atoms with van der Waals surface area (Å²) in [6.07, 6.45) is 0. The molecule has 0 unspecified atom stereocenters. The van der Waals surface area contributed by atoms with E-state index < -0.39 is 0 Å². The van der Waals surface area contributed by atoms with Crippen molar-refractivity contribution >= 4 is 23.4 Å². The third kappa shape index (κ3) is 3.50. The highest BCUT2D eigenvalue weighted by Gasteiger charge is 2.03. The second-order valence-corrected chi connectivity index (χ2v) is 5.23. The summed E-state index contributed by atoms with van der Waals surface area (Å²) in [5.41, 5.74) is 1.20. The van der Waals surface area contributed by atoms with Gasteiger partial charge in [-0.2, -0.15) is 0 Å². The van der Waals surface area contributed by atoms with Crippen molar-refractivity contribution < 1.29 is 0 Å². The van der Waals surface area contributed by atoms with Crippen molar-refractivity contribution in [3.05, 3.63) is 59.1 Å². The minimum atomic E-state index is 0.812. The molecule has 1 nitrogen and oxygen atoms in total. The van der Waals surface area contributed by atoms with Crippen LogP contribution in [-0.4, -0.2) is 7.05 Å². The van der Waals surface area contributed by atoms with Crippen molar-refractivity contribution in [2.24, 2.45) is 0 Å². The van der Waals surface area contributed by atoms with Gasteiger partial charge < -0.3 is 5.32 Å². The Balaban J connectivity index is 2.17. The lowest BCUT2D eigenvalue weighted by Gasteiger charge is -2.06. The summed E-state index contributed by atoms with van der Waals surface area (Å²) >= 11 is 7.96. The van der Waals surface area contributed by atoms with Crippen LogP contribution >= 0.6 is 23.4 Å². The van der Waals surface area contributed by atoms with Gasteiger partial charge in [0, 0.05) is 16.3 Å². The summed E-state index contributed by atoms with van der Waals surface area (Å²) in [5.74, 6) is 0. The van der Waals surface area contributed by atoms with E-state index in [1.165, 1.54) is 10.5 Å². The predicted octanol–water partition coefficient (Wildman–Crippen LogP) is 4.21. The van der Waals surface area contributed by atoms with Gasteiger partial charge in [-0.3, -0.25) is 0 Å². The lowest BCUT2D eigenvalue weighted by molar-refractivity contribution is 0.817. The van der Waals surface area contributed by atoms with Crippen LogP contribution in [0, 0.1) is 0 Å². The van der Waals surface area contributed by atoms with Crippen molar-refractivity contribution in [1.82, 2.24) is 5.32 Å². The molecule has 0 heterocycles. The maximum atomic E-state index is 6.27. The normalized spacial score (nSPS) is 10.5. The fraction of sp³-hybridized carbons (Fsp3) is 0.143. The molecule has 0 fully saturated rings. The van der Waals surface area contributed by atoms with Crippen LogP contribution in [0.5, 0.6) is 0 Å². The molecule has 0 aliphatic rings. The highest BCUT2D eigenvalue weighted by atomic mass is 35.5. The smallest absolute Gasteiger partial charge is 0.0548 e. The van der Waals surface area contributed by atoms with Crippen LogP contribution in [0.2, 0.25) is 5.02 Å². The summed E-state index contributed by atoms with van der Waals surface area (Å²) in [6.45, 7) is 0.843. The van der Waals surface area contributed by atoms with Gasteiger partial charge in [0.2, 0.25) is 0 Å². The van der Waals surface area contributed by atoms with Gasteiger partial charge in [-0.1, -0.05) is 47.6 Å². The topological polar surface area (TPSA) is 12.0 Å². The molecule has 0 saturated heterocycles. The minimum Gasteiger partial charge on any atom is -0.316 e. The Morgan fingerprint density at radius 2 is 1.88 bits per heavy atom. The van der Waals surface area contributed by atoms with Gasteiger partial charge in [0.15, 0.2) is 0 Å². The van der Waals surface area contributed by atoms with Gasteiger partial charge in [0.1, 0.15) is 0 Å². The standard InChI is InChI=1S/C14H14ClNS/c1-16-10-11-7-8-14(13(15)9-11)17-12-5-3-2-4-6-12/h2-9,16H,10H2,1H3. The Morgan fingerprint density at radius 3 is 2.53 bits per heavy atom. The molecule has 0 aliphatic heterocycles. The molecule has 17 heavy (non-hydrogen) atoms. The molecule has 0 radical (unpaired) electrons. The lowest BCUT2D eigenvalue weighted by Crippen LogP contribution is -2.04. The zero-order valence-electron chi connectivity index (χ0n) is 9.61. The van der Waals surface area contributed by atoms with Gasteiger partial charge in [-0.05, 0) is 36.9 Å². The average Bonchev–Trinajstić information content (AvgIpc) is 2.34. The number of rotatable bonds is 4. The number of halogens is 1. The number of nitrogens with one attached hydrogen (secondary N) is 1. The molecule has 0 saturated carbocycles. The van der Waals surface area contributed by atoms with Gasteiger partial charge in [0.05, 0.1) is 5.02 Å². The first-order valence-corrected chi connectivity index (χ1v) is 6.65. The fourth-order valence-corrected chi connectivity index (χ4v) is 2.72. The largest absolute Gasteiger partial charge is 0.316 e. The van der Waals surface area contributed by atoms with E-state index in [0.717, 1.165) is 16.5 Å². The molecular weight excluding hydrogens is 250 g/mol. The van der Waals surface area contributed by atoms with Gasteiger partial charge >= 0.3 is 0 Å². The van der Waals surface area contributed by atoms with Crippen LogP contribution in [0.25, 0.3) is 0 Å². The summed E-state index contributed by atoms with van der Waals surface area (Å²) in [5, 5.41) is 3.93. The van der Waals surface area contributed by atoms with E-state index in [1.54, 1.807) is 11.8 Å². The number of hydrogen-bond donors (Lipinski definition) is 1. The van der Waals surface area contributed by atoms with E-state index in [0.29, 0.717) is 0 Å². The van der Waals surface area contributed by atoms with Crippen LogP contribution in [0.3, 0.4) is 0 Å². The maximum Gasteiger partial charge on any atom is 0.0548 e. The Labute approximate surface area is 111 Å². The third-order valence-corrected chi connectivity index (χ3v) is 3.86. The quantitative estimate of drug-likeness (QED) is 0.887.